The zero-order valence-corrected chi connectivity index (χ0v) is 18.1. The second-order valence-electron chi connectivity index (χ2n) is 7.21. The average Bonchev–Trinajstić information content (AvgIpc) is 2.76. The fraction of sp³-hybridized carbons (Fsp3) is 0.208. The van der Waals surface area contributed by atoms with Crippen LogP contribution in [0.15, 0.2) is 84.9 Å². The van der Waals surface area contributed by atoms with E-state index in [0.29, 0.717) is 0 Å². The maximum Gasteiger partial charge on any atom is 0.232 e. The van der Waals surface area contributed by atoms with Crippen molar-refractivity contribution in [3.8, 4) is 0 Å². The Morgan fingerprint density at radius 2 is 1.42 bits per heavy atom. The number of carbonyl (C=O) groups excluding carboxylic acids is 1. The van der Waals surface area contributed by atoms with Crippen LogP contribution < -0.4 is 9.62 Å². The van der Waals surface area contributed by atoms with Gasteiger partial charge in [0.25, 0.3) is 0 Å². The van der Waals surface area contributed by atoms with E-state index < -0.39 is 15.8 Å². The summed E-state index contributed by atoms with van der Waals surface area (Å²) in [6.07, 6.45) is 1.39. The van der Waals surface area contributed by atoms with Crippen LogP contribution in [0.1, 0.15) is 30.0 Å². The van der Waals surface area contributed by atoms with Crippen molar-refractivity contribution in [1.29, 1.82) is 0 Å². The summed E-state index contributed by atoms with van der Waals surface area (Å²) < 4.78 is 39.5. The molecule has 0 saturated carbocycles. The molecule has 0 heterocycles. The number of anilines is 1. The third kappa shape index (κ3) is 6.15. The molecule has 0 radical (unpaired) electrons. The summed E-state index contributed by atoms with van der Waals surface area (Å²) in [7, 11) is -3.69. The summed E-state index contributed by atoms with van der Waals surface area (Å²) in [5, 5.41) is 3.03. The van der Waals surface area contributed by atoms with Gasteiger partial charge in [-0.3, -0.25) is 9.10 Å². The quantitative estimate of drug-likeness (QED) is 0.540. The molecule has 0 aliphatic heterocycles. The molecule has 0 fully saturated rings. The fourth-order valence-corrected chi connectivity index (χ4v) is 4.35. The largest absolute Gasteiger partial charge is 0.345 e. The Morgan fingerprint density at radius 1 is 0.903 bits per heavy atom. The number of hydrogen-bond acceptors (Lipinski definition) is 3. The number of nitrogens with one attached hydrogen (secondary N) is 1. The van der Waals surface area contributed by atoms with E-state index in [9.17, 15) is 17.6 Å². The lowest BCUT2D eigenvalue weighted by atomic mass is 9.98. The summed E-state index contributed by atoms with van der Waals surface area (Å²) >= 11 is 0. The molecular formula is C24H25FN2O3S. The summed E-state index contributed by atoms with van der Waals surface area (Å²) in [5.74, 6) is -0.828. The molecule has 31 heavy (non-hydrogen) atoms. The van der Waals surface area contributed by atoms with Crippen LogP contribution in [0.3, 0.4) is 0 Å². The minimum atomic E-state index is -3.69. The Bertz CT molecular complexity index is 1070. The number of amides is 1. The van der Waals surface area contributed by atoms with Gasteiger partial charge in [-0.15, -0.1) is 0 Å². The molecule has 0 bridgehead atoms. The van der Waals surface area contributed by atoms with Crippen molar-refractivity contribution >= 4 is 21.6 Å². The smallest absolute Gasteiger partial charge is 0.232 e. The van der Waals surface area contributed by atoms with Gasteiger partial charge >= 0.3 is 0 Å². The van der Waals surface area contributed by atoms with E-state index in [4.69, 9.17) is 0 Å². The number of rotatable bonds is 9. The Balaban J connectivity index is 1.68. The van der Waals surface area contributed by atoms with Crippen molar-refractivity contribution < 1.29 is 17.6 Å². The highest BCUT2D eigenvalue weighted by molar-refractivity contribution is 7.92. The lowest BCUT2D eigenvalue weighted by Crippen LogP contribution is -2.33. The topological polar surface area (TPSA) is 66.5 Å². The molecule has 0 spiro atoms. The number of benzene rings is 3. The molecule has 3 aromatic carbocycles. The van der Waals surface area contributed by atoms with E-state index in [1.165, 1.54) is 18.2 Å². The van der Waals surface area contributed by atoms with Gasteiger partial charge < -0.3 is 5.32 Å². The predicted molar refractivity (Wildman–Crippen MR) is 121 cm³/mol. The van der Waals surface area contributed by atoms with Gasteiger partial charge in [-0.05, 0) is 29.7 Å². The first-order chi connectivity index (χ1) is 14.9. The monoisotopic (exact) mass is 440 g/mol. The molecular weight excluding hydrogens is 415 g/mol. The van der Waals surface area contributed by atoms with E-state index in [1.807, 2.05) is 60.7 Å². The maximum atomic E-state index is 14.1. The van der Waals surface area contributed by atoms with Gasteiger partial charge in [-0.1, -0.05) is 72.8 Å². The number of halogens is 1. The number of hydrogen-bond donors (Lipinski definition) is 1. The van der Waals surface area contributed by atoms with E-state index in [2.05, 4.69) is 5.32 Å². The molecule has 0 aromatic heterocycles. The van der Waals surface area contributed by atoms with Crippen molar-refractivity contribution in [2.45, 2.75) is 18.9 Å². The third-order valence-electron chi connectivity index (χ3n) is 4.86. The van der Waals surface area contributed by atoms with Crippen molar-refractivity contribution in [2.24, 2.45) is 0 Å². The van der Waals surface area contributed by atoms with Crippen LogP contribution in [-0.2, 0) is 14.8 Å². The highest BCUT2D eigenvalue weighted by Gasteiger charge is 2.21. The maximum absolute atomic E-state index is 14.1. The van der Waals surface area contributed by atoms with Crippen molar-refractivity contribution in [2.75, 3.05) is 17.1 Å². The van der Waals surface area contributed by atoms with E-state index in [0.717, 1.165) is 21.7 Å². The lowest BCUT2D eigenvalue weighted by molar-refractivity contribution is -0.121. The van der Waals surface area contributed by atoms with Crippen LogP contribution in [0.4, 0.5) is 10.1 Å². The highest BCUT2D eigenvalue weighted by atomic mass is 32.2. The summed E-state index contributed by atoms with van der Waals surface area (Å²) in [4.78, 5) is 12.7. The second kappa shape index (κ2) is 10.2. The molecule has 0 unspecified atom stereocenters. The summed E-state index contributed by atoms with van der Waals surface area (Å²) in [6, 6.07) is 24.7. The molecule has 1 amide bonds. The van der Waals surface area contributed by atoms with Gasteiger partial charge in [0.2, 0.25) is 15.9 Å². The number of sulfonamides is 1. The summed E-state index contributed by atoms with van der Waals surface area (Å²) in [5.41, 5.74) is 1.88. The molecule has 3 aromatic rings. The molecule has 5 nitrogen and oxygen atoms in total. The van der Waals surface area contributed by atoms with Crippen LogP contribution in [0.2, 0.25) is 0 Å². The van der Waals surface area contributed by atoms with Crippen molar-refractivity contribution in [1.82, 2.24) is 5.32 Å². The first-order valence-electron chi connectivity index (χ1n) is 9.98. The van der Waals surface area contributed by atoms with Crippen LogP contribution in [0.25, 0.3) is 0 Å². The van der Waals surface area contributed by atoms with Gasteiger partial charge in [0.15, 0.2) is 0 Å². The first kappa shape index (κ1) is 22.5. The van der Waals surface area contributed by atoms with Crippen LogP contribution in [0.5, 0.6) is 0 Å². The second-order valence-corrected chi connectivity index (χ2v) is 9.12. The van der Waals surface area contributed by atoms with Gasteiger partial charge in [-0.25, -0.2) is 12.8 Å². The molecule has 0 atom stereocenters. The fourth-order valence-electron chi connectivity index (χ4n) is 3.39. The Kier molecular flexibility index (Phi) is 7.41. The molecule has 0 saturated heterocycles. The predicted octanol–water partition coefficient (Wildman–Crippen LogP) is 4.28. The van der Waals surface area contributed by atoms with E-state index >= 15 is 0 Å². The average molecular weight is 441 g/mol. The first-order valence-corrected chi connectivity index (χ1v) is 11.8. The van der Waals surface area contributed by atoms with E-state index in [1.54, 1.807) is 6.07 Å². The molecule has 1 N–H and O–H groups in total. The van der Waals surface area contributed by atoms with Gasteiger partial charge in [0.1, 0.15) is 5.82 Å². The zero-order chi connectivity index (χ0) is 22.3. The summed E-state index contributed by atoms with van der Waals surface area (Å²) in [6.45, 7) is 0.00846. The van der Waals surface area contributed by atoms with Gasteiger partial charge in [0, 0.05) is 13.0 Å². The van der Waals surface area contributed by atoms with Crippen LogP contribution >= 0.6 is 0 Å². The minimum Gasteiger partial charge on any atom is -0.345 e. The highest BCUT2D eigenvalue weighted by Crippen LogP contribution is 2.23. The molecule has 3 rings (SSSR count). The van der Waals surface area contributed by atoms with E-state index in [-0.39, 0.29) is 37.0 Å². The standard InChI is InChI=1S/C24H25FN2O3S/c1-31(29,30)27(22-16-9-8-15-21(22)25)18-10-17-23(28)26-24(19-11-4-2-5-12-19)20-13-6-3-7-14-20/h2-9,11-16,24H,10,17-18H2,1H3,(H,26,28). The lowest BCUT2D eigenvalue weighted by Gasteiger charge is -2.23. The van der Waals surface area contributed by atoms with Gasteiger partial charge in [-0.2, -0.15) is 0 Å². The number of nitrogens with zero attached hydrogens (tertiary/aromatic N) is 1. The molecule has 162 valence electrons. The SMILES string of the molecule is CS(=O)(=O)N(CCCC(=O)NC(c1ccccc1)c1ccccc1)c1ccccc1F. The van der Waals surface area contributed by atoms with Gasteiger partial charge in [0.05, 0.1) is 18.0 Å². The number of para-hydroxylation sites is 1. The van der Waals surface area contributed by atoms with Crippen molar-refractivity contribution in [3.63, 3.8) is 0 Å². The Labute approximate surface area is 182 Å². The minimum absolute atomic E-state index is 0.00846. The number of carbonyl (C=O) groups is 1. The van der Waals surface area contributed by atoms with Crippen LogP contribution in [-0.4, -0.2) is 27.1 Å². The Hall–Kier alpha value is -3.19. The molecule has 0 aliphatic rings. The third-order valence-corrected chi connectivity index (χ3v) is 6.04. The normalized spacial score (nSPS) is 11.3. The zero-order valence-electron chi connectivity index (χ0n) is 17.2. The van der Waals surface area contributed by atoms with Crippen molar-refractivity contribution in [3.05, 3.63) is 102 Å². The Morgan fingerprint density at radius 3 is 1.94 bits per heavy atom. The molecule has 0 aliphatic carbocycles. The van der Waals surface area contributed by atoms with Crippen LogP contribution in [0, 0.1) is 5.82 Å². The molecule has 7 heteroatoms.